The van der Waals surface area contributed by atoms with E-state index in [-0.39, 0.29) is 17.2 Å². The minimum atomic E-state index is -1.09. The molecule has 0 saturated carbocycles. The van der Waals surface area contributed by atoms with E-state index in [1.54, 1.807) is 24.3 Å². The molecular weight excluding hydrogens is 404 g/mol. The van der Waals surface area contributed by atoms with Gasteiger partial charge in [0.25, 0.3) is 0 Å². The first-order valence-electron chi connectivity index (χ1n) is 8.35. The van der Waals surface area contributed by atoms with Gasteiger partial charge in [0, 0.05) is 17.8 Å². The summed E-state index contributed by atoms with van der Waals surface area (Å²) in [5.41, 5.74) is 1.87. The maximum absolute atomic E-state index is 13.8. The molecule has 28 heavy (non-hydrogen) atoms. The molecule has 0 aromatic heterocycles. The zero-order valence-corrected chi connectivity index (χ0v) is 16.1. The Bertz CT molecular complexity index is 990. The van der Waals surface area contributed by atoms with Crippen molar-refractivity contribution in [3.8, 4) is 5.75 Å². The lowest BCUT2D eigenvalue weighted by Gasteiger charge is -2.11. The van der Waals surface area contributed by atoms with Gasteiger partial charge >= 0.3 is 5.97 Å². The first-order chi connectivity index (χ1) is 13.4. The van der Waals surface area contributed by atoms with Crippen molar-refractivity contribution in [3.05, 3.63) is 93.2 Å². The number of nitrogens with one attached hydrogen (secondary N) is 1. The molecular formula is C21H16Cl2FNO3. The number of ether oxygens (including phenoxy) is 1. The van der Waals surface area contributed by atoms with Crippen molar-refractivity contribution >= 4 is 34.9 Å². The van der Waals surface area contributed by atoms with Crippen molar-refractivity contribution in [2.75, 3.05) is 5.32 Å². The Morgan fingerprint density at radius 1 is 1.04 bits per heavy atom. The summed E-state index contributed by atoms with van der Waals surface area (Å²) < 4.78 is 19.5. The molecule has 0 atom stereocenters. The smallest absolute Gasteiger partial charge is 0.337 e. The van der Waals surface area contributed by atoms with Crippen LogP contribution < -0.4 is 10.1 Å². The molecule has 7 heteroatoms. The molecule has 3 rings (SSSR count). The van der Waals surface area contributed by atoms with Crippen LogP contribution in [0.1, 0.15) is 21.5 Å². The van der Waals surface area contributed by atoms with Gasteiger partial charge in [-0.25, -0.2) is 9.18 Å². The van der Waals surface area contributed by atoms with E-state index in [1.165, 1.54) is 18.2 Å². The number of halogens is 3. The van der Waals surface area contributed by atoms with Crippen LogP contribution in [0.4, 0.5) is 10.1 Å². The Morgan fingerprint density at radius 3 is 2.57 bits per heavy atom. The molecule has 0 aliphatic heterocycles. The molecule has 0 radical (unpaired) electrons. The first kappa shape index (κ1) is 20.0. The van der Waals surface area contributed by atoms with Gasteiger partial charge in [-0.2, -0.15) is 0 Å². The Balaban J connectivity index is 1.65. The van der Waals surface area contributed by atoms with Gasteiger partial charge in [0.1, 0.15) is 18.2 Å². The van der Waals surface area contributed by atoms with Crippen LogP contribution in [-0.2, 0) is 13.2 Å². The van der Waals surface area contributed by atoms with E-state index in [2.05, 4.69) is 5.32 Å². The molecule has 3 aromatic rings. The molecule has 0 bridgehead atoms. The minimum absolute atomic E-state index is 0.0154. The van der Waals surface area contributed by atoms with Crippen molar-refractivity contribution in [2.24, 2.45) is 0 Å². The molecule has 0 fully saturated rings. The molecule has 0 spiro atoms. The fourth-order valence-corrected chi connectivity index (χ4v) is 2.99. The zero-order valence-electron chi connectivity index (χ0n) is 14.6. The molecule has 2 N–H and O–H groups in total. The van der Waals surface area contributed by atoms with Gasteiger partial charge in [-0.3, -0.25) is 0 Å². The summed E-state index contributed by atoms with van der Waals surface area (Å²) in [4.78, 5) is 11.2. The summed E-state index contributed by atoms with van der Waals surface area (Å²) in [7, 11) is 0. The molecule has 0 heterocycles. The Labute approximate surface area is 171 Å². The number of carboxylic acids is 1. The lowest BCUT2D eigenvalue weighted by molar-refractivity contribution is 0.0697. The highest BCUT2D eigenvalue weighted by Crippen LogP contribution is 2.23. The maximum Gasteiger partial charge on any atom is 0.337 e. The van der Waals surface area contributed by atoms with E-state index in [1.807, 2.05) is 18.2 Å². The fraction of sp³-hybridized carbons (Fsp3) is 0.0952. The van der Waals surface area contributed by atoms with E-state index < -0.39 is 11.8 Å². The average molecular weight is 420 g/mol. The van der Waals surface area contributed by atoms with Gasteiger partial charge in [0.15, 0.2) is 0 Å². The Morgan fingerprint density at radius 2 is 1.82 bits per heavy atom. The fourth-order valence-electron chi connectivity index (χ4n) is 2.57. The topological polar surface area (TPSA) is 58.6 Å². The third-order valence-electron chi connectivity index (χ3n) is 4.04. The van der Waals surface area contributed by atoms with E-state index in [0.717, 1.165) is 5.56 Å². The summed E-state index contributed by atoms with van der Waals surface area (Å²) in [5, 5.41) is 12.8. The van der Waals surface area contributed by atoms with Crippen LogP contribution in [0.25, 0.3) is 0 Å². The molecule has 0 unspecified atom stereocenters. The number of rotatable bonds is 7. The van der Waals surface area contributed by atoms with Crippen LogP contribution in [0.5, 0.6) is 5.75 Å². The third kappa shape index (κ3) is 4.94. The highest BCUT2D eigenvalue weighted by Gasteiger charge is 2.10. The highest BCUT2D eigenvalue weighted by molar-refractivity contribution is 6.33. The zero-order chi connectivity index (χ0) is 20.1. The van der Waals surface area contributed by atoms with Crippen molar-refractivity contribution in [2.45, 2.75) is 13.2 Å². The van der Waals surface area contributed by atoms with Gasteiger partial charge in [0.2, 0.25) is 0 Å². The summed E-state index contributed by atoms with van der Waals surface area (Å²) in [6, 6.07) is 16.5. The van der Waals surface area contributed by atoms with Crippen LogP contribution in [-0.4, -0.2) is 11.1 Å². The van der Waals surface area contributed by atoms with Crippen LogP contribution in [0, 0.1) is 5.82 Å². The van der Waals surface area contributed by atoms with E-state index in [4.69, 9.17) is 33.0 Å². The van der Waals surface area contributed by atoms with E-state index in [9.17, 15) is 9.18 Å². The minimum Gasteiger partial charge on any atom is -0.489 e. The number of hydrogen-bond donors (Lipinski definition) is 2. The average Bonchev–Trinajstić information content (AvgIpc) is 2.67. The van der Waals surface area contributed by atoms with Crippen LogP contribution in [0.3, 0.4) is 0 Å². The molecule has 3 aromatic carbocycles. The first-order valence-corrected chi connectivity index (χ1v) is 9.11. The standard InChI is InChI=1S/C21H16Cl2FNO3/c22-18-5-2-6-20(24)17(18)12-28-15-4-1-3-13(9-15)11-25-14-7-8-19(23)16(10-14)21(26)27/h1-10,25H,11-12H2,(H,26,27). The third-order valence-corrected chi connectivity index (χ3v) is 4.72. The van der Waals surface area contributed by atoms with Crippen molar-refractivity contribution < 1.29 is 19.0 Å². The predicted octanol–water partition coefficient (Wildman–Crippen LogP) is 6.02. The number of carboxylic acid groups (broad SMARTS) is 1. The second-order valence-electron chi connectivity index (χ2n) is 5.99. The summed E-state index contributed by atoms with van der Waals surface area (Å²) in [6.07, 6.45) is 0. The monoisotopic (exact) mass is 419 g/mol. The molecule has 144 valence electrons. The maximum atomic E-state index is 13.8. The highest BCUT2D eigenvalue weighted by atomic mass is 35.5. The number of carbonyl (C=O) groups is 1. The lowest BCUT2D eigenvalue weighted by atomic mass is 10.1. The van der Waals surface area contributed by atoms with Crippen molar-refractivity contribution in [1.29, 1.82) is 0 Å². The lowest BCUT2D eigenvalue weighted by Crippen LogP contribution is -2.03. The van der Waals surface area contributed by atoms with Gasteiger partial charge < -0.3 is 15.2 Å². The van der Waals surface area contributed by atoms with Crippen LogP contribution in [0.15, 0.2) is 60.7 Å². The quantitative estimate of drug-likeness (QED) is 0.491. The van der Waals surface area contributed by atoms with Crippen LogP contribution in [0.2, 0.25) is 10.0 Å². The van der Waals surface area contributed by atoms with Gasteiger partial charge in [-0.15, -0.1) is 0 Å². The molecule has 0 saturated heterocycles. The molecule has 0 aliphatic rings. The predicted molar refractivity (Wildman–Crippen MR) is 108 cm³/mol. The number of benzene rings is 3. The van der Waals surface area contributed by atoms with E-state index in [0.29, 0.717) is 28.6 Å². The second-order valence-corrected chi connectivity index (χ2v) is 6.80. The second kappa shape index (κ2) is 8.95. The normalized spacial score (nSPS) is 10.5. The summed E-state index contributed by atoms with van der Waals surface area (Å²) in [6.45, 7) is 0.458. The Hall–Kier alpha value is -2.76. The van der Waals surface area contributed by atoms with Gasteiger partial charge in [0.05, 0.1) is 15.6 Å². The van der Waals surface area contributed by atoms with E-state index >= 15 is 0 Å². The Kier molecular flexibility index (Phi) is 6.39. The van der Waals surface area contributed by atoms with Gasteiger partial charge in [-0.05, 0) is 48.0 Å². The van der Waals surface area contributed by atoms with Crippen molar-refractivity contribution in [3.63, 3.8) is 0 Å². The largest absolute Gasteiger partial charge is 0.489 e. The van der Waals surface area contributed by atoms with Gasteiger partial charge in [-0.1, -0.05) is 41.4 Å². The number of aromatic carboxylic acids is 1. The SMILES string of the molecule is O=C(O)c1cc(NCc2cccc(OCc3c(F)cccc3Cl)c2)ccc1Cl. The molecule has 0 amide bonds. The molecule has 0 aliphatic carbocycles. The number of hydrogen-bond acceptors (Lipinski definition) is 3. The van der Waals surface area contributed by atoms with Crippen LogP contribution >= 0.6 is 23.2 Å². The number of anilines is 1. The summed E-state index contributed by atoms with van der Waals surface area (Å²) in [5.74, 6) is -0.931. The van der Waals surface area contributed by atoms with Crippen molar-refractivity contribution in [1.82, 2.24) is 0 Å². The molecule has 4 nitrogen and oxygen atoms in total. The summed E-state index contributed by atoms with van der Waals surface area (Å²) >= 11 is 11.9.